The molecule has 2 atom stereocenters. The average Bonchev–Trinajstić information content (AvgIpc) is 3.07. The molecule has 0 radical (unpaired) electrons. The van der Waals surface area contributed by atoms with Crippen LogP contribution in [-0.4, -0.2) is 48.2 Å². The van der Waals surface area contributed by atoms with E-state index >= 15 is 0 Å². The van der Waals surface area contributed by atoms with Crippen molar-refractivity contribution in [3.63, 3.8) is 0 Å². The zero-order chi connectivity index (χ0) is 17.8. The van der Waals surface area contributed by atoms with E-state index in [2.05, 4.69) is 12.0 Å². The number of carbonyl (C=O) groups is 2. The Labute approximate surface area is 148 Å². The van der Waals surface area contributed by atoms with Crippen LogP contribution in [0.4, 0.5) is 5.69 Å². The van der Waals surface area contributed by atoms with Crippen LogP contribution in [0, 0.1) is 5.92 Å². The molecule has 1 saturated heterocycles. The van der Waals surface area contributed by atoms with Crippen LogP contribution >= 0.6 is 0 Å². The summed E-state index contributed by atoms with van der Waals surface area (Å²) in [7, 11) is 0. The van der Waals surface area contributed by atoms with Crippen molar-refractivity contribution < 1.29 is 14.3 Å². The number of ether oxygens (including phenoxy) is 1. The van der Waals surface area contributed by atoms with Crippen molar-refractivity contribution in [2.75, 3.05) is 24.7 Å². The van der Waals surface area contributed by atoms with E-state index in [0.717, 1.165) is 31.6 Å². The number of rotatable bonds is 4. The minimum absolute atomic E-state index is 0.0402. The van der Waals surface area contributed by atoms with Gasteiger partial charge < -0.3 is 9.64 Å². The van der Waals surface area contributed by atoms with Crippen LogP contribution in [0.15, 0.2) is 35.4 Å². The van der Waals surface area contributed by atoms with Gasteiger partial charge in [0, 0.05) is 19.5 Å². The summed E-state index contributed by atoms with van der Waals surface area (Å²) in [5, 5.41) is 6.10. The van der Waals surface area contributed by atoms with Gasteiger partial charge in [0.25, 0.3) is 0 Å². The molecule has 6 nitrogen and oxygen atoms in total. The molecule has 6 heteroatoms. The summed E-state index contributed by atoms with van der Waals surface area (Å²) in [5.74, 6) is 0.110. The van der Waals surface area contributed by atoms with Crippen molar-refractivity contribution in [2.45, 2.75) is 39.2 Å². The lowest BCUT2D eigenvalue weighted by Crippen LogP contribution is -2.48. The van der Waals surface area contributed by atoms with Gasteiger partial charge in [0.1, 0.15) is 11.8 Å². The summed E-state index contributed by atoms with van der Waals surface area (Å²) < 4.78 is 5.08. The number of benzene rings is 1. The third-order valence-corrected chi connectivity index (χ3v) is 4.70. The topological polar surface area (TPSA) is 62.2 Å². The van der Waals surface area contributed by atoms with Crippen LogP contribution in [0.1, 0.15) is 33.1 Å². The number of amides is 1. The third-order valence-electron chi connectivity index (χ3n) is 4.70. The summed E-state index contributed by atoms with van der Waals surface area (Å²) in [4.78, 5) is 27.1. The Kier molecular flexibility index (Phi) is 5.36. The number of carbonyl (C=O) groups excluding carboxylic acids is 2. The van der Waals surface area contributed by atoms with Gasteiger partial charge in [-0.15, -0.1) is 0 Å². The standard InChI is InChI=1S/C19H25N3O3/c1-3-25-19(24)16-12-17(18(23)21-11-7-8-14(2)13-21)22(20-16)15-9-5-4-6-10-15/h4-6,9-10,14,17H,3,7-8,11-13H2,1-2H3. The first-order valence-electron chi connectivity index (χ1n) is 8.97. The molecule has 0 saturated carbocycles. The molecule has 0 aliphatic carbocycles. The molecule has 1 fully saturated rings. The van der Waals surface area contributed by atoms with Crippen LogP contribution in [0.3, 0.4) is 0 Å². The van der Waals surface area contributed by atoms with E-state index in [-0.39, 0.29) is 12.3 Å². The van der Waals surface area contributed by atoms with Gasteiger partial charge in [0.05, 0.1) is 12.3 Å². The number of anilines is 1. The number of nitrogens with zero attached hydrogens (tertiary/aromatic N) is 3. The highest BCUT2D eigenvalue weighted by atomic mass is 16.5. The van der Waals surface area contributed by atoms with Gasteiger partial charge in [-0.1, -0.05) is 25.1 Å². The SMILES string of the molecule is CCOC(=O)C1=NN(c2ccccc2)C(C(=O)N2CCCC(C)C2)C1. The molecular weight excluding hydrogens is 318 g/mol. The first-order valence-corrected chi connectivity index (χ1v) is 8.97. The normalized spacial score (nSPS) is 23.4. The number of hydrogen-bond acceptors (Lipinski definition) is 5. The maximum atomic E-state index is 13.1. The van der Waals surface area contributed by atoms with Gasteiger partial charge in [0.15, 0.2) is 0 Å². The number of likely N-dealkylation sites (tertiary alicyclic amines) is 1. The van der Waals surface area contributed by atoms with Crippen molar-refractivity contribution in [2.24, 2.45) is 11.0 Å². The fraction of sp³-hybridized carbons (Fsp3) is 0.526. The smallest absolute Gasteiger partial charge is 0.354 e. The lowest BCUT2D eigenvalue weighted by Gasteiger charge is -2.34. The van der Waals surface area contributed by atoms with Crippen LogP contribution in [-0.2, 0) is 14.3 Å². The van der Waals surface area contributed by atoms with Gasteiger partial charge >= 0.3 is 5.97 Å². The van der Waals surface area contributed by atoms with Gasteiger partial charge in [-0.05, 0) is 37.8 Å². The molecule has 1 amide bonds. The molecule has 0 spiro atoms. The Balaban J connectivity index is 1.83. The van der Waals surface area contributed by atoms with Crippen molar-refractivity contribution >= 4 is 23.3 Å². The Morgan fingerprint density at radius 2 is 2.04 bits per heavy atom. The fourth-order valence-electron chi connectivity index (χ4n) is 3.46. The van der Waals surface area contributed by atoms with E-state index in [1.807, 2.05) is 35.2 Å². The van der Waals surface area contributed by atoms with Gasteiger partial charge in [-0.25, -0.2) is 4.79 Å². The molecule has 0 N–H and O–H groups in total. The van der Waals surface area contributed by atoms with E-state index in [4.69, 9.17) is 4.74 Å². The monoisotopic (exact) mass is 343 g/mol. The highest BCUT2D eigenvalue weighted by molar-refractivity contribution is 6.38. The van der Waals surface area contributed by atoms with Crippen molar-refractivity contribution in [1.82, 2.24) is 4.90 Å². The minimum atomic E-state index is -0.480. The third kappa shape index (κ3) is 3.83. The molecule has 1 aromatic rings. The highest BCUT2D eigenvalue weighted by Crippen LogP contribution is 2.27. The minimum Gasteiger partial charge on any atom is -0.461 e. The second kappa shape index (κ2) is 7.68. The van der Waals surface area contributed by atoms with E-state index in [1.54, 1.807) is 11.9 Å². The molecule has 25 heavy (non-hydrogen) atoms. The second-order valence-electron chi connectivity index (χ2n) is 6.70. The zero-order valence-corrected chi connectivity index (χ0v) is 14.9. The van der Waals surface area contributed by atoms with Crippen LogP contribution in [0.25, 0.3) is 0 Å². The maximum absolute atomic E-state index is 13.1. The second-order valence-corrected chi connectivity index (χ2v) is 6.70. The maximum Gasteiger partial charge on any atom is 0.354 e. The summed E-state index contributed by atoms with van der Waals surface area (Å²) in [6.07, 6.45) is 2.47. The molecule has 0 bridgehead atoms. The lowest BCUT2D eigenvalue weighted by molar-refractivity contribution is -0.135. The largest absolute Gasteiger partial charge is 0.461 e. The van der Waals surface area contributed by atoms with Gasteiger partial charge in [-0.3, -0.25) is 9.80 Å². The molecule has 0 aromatic heterocycles. The molecule has 2 unspecified atom stereocenters. The fourth-order valence-corrected chi connectivity index (χ4v) is 3.46. The number of hydrogen-bond donors (Lipinski definition) is 0. The zero-order valence-electron chi connectivity index (χ0n) is 14.9. The highest BCUT2D eigenvalue weighted by Gasteiger charge is 2.39. The van der Waals surface area contributed by atoms with Crippen molar-refractivity contribution in [3.8, 4) is 0 Å². The molecule has 3 rings (SSSR count). The molecule has 2 heterocycles. The first-order chi connectivity index (χ1) is 12.1. The lowest BCUT2D eigenvalue weighted by atomic mass is 9.99. The van der Waals surface area contributed by atoms with E-state index in [0.29, 0.717) is 18.2 Å². The van der Waals surface area contributed by atoms with Crippen molar-refractivity contribution in [1.29, 1.82) is 0 Å². The molecule has 1 aromatic carbocycles. The first kappa shape index (κ1) is 17.5. The van der Waals surface area contributed by atoms with Crippen LogP contribution in [0.5, 0.6) is 0 Å². The van der Waals surface area contributed by atoms with Crippen molar-refractivity contribution in [3.05, 3.63) is 30.3 Å². The average molecular weight is 343 g/mol. The van der Waals surface area contributed by atoms with E-state index in [1.165, 1.54) is 0 Å². The Hall–Kier alpha value is -2.37. The van der Waals surface area contributed by atoms with Gasteiger partial charge in [0.2, 0.25) is 5.91 Å². The summed E-state index contributed by atoms with van der Waals surface area (Å²) in [6.45, 7) is 5.78. The Bertz CT molecular complexity index is 659. The quantitative estimate of drug-likeness (QED) is 0.788. The summed E-state index contributed by atoms with van der Waals surface area (Å²) in [5.41, 5.74) is 1.12. The molecule has 134 valence electrons. The molecular formula is C19H25N3O3. The number of piperidine rings is 1. The predicted molar refractivity (Wildman–Crippen MR) is 96.4 cm³/mol. The molecule has 2 aliphatic rings. The van der Waals surface area contributed by atoms with Crippen LogP contribution in [0.2, 0.25) is 0 Å². The van der Waals surface area contributed by atoms with E-state index in [9.17, 15) is 9.59 Å². The summed E-state index contributed by atoms with van der Waals surface area (Å²) in [6, 6.07) is 9.04. The Morgan fingerprint density at radius 3 is 2.72 bits per heavy atom. The van der Waals surface area contributed by atoms with E-state index < -0.39 is 12.0 Å². The van der Waals surface area contributed by atoms with Crippen LogP contribution < -0.4 is 5.01 Å². The number of para-hydroxylation sites is 1. The molecule has 2 aliphatic heterocycles. The van der Waals surface area contributed by atoms with Gasteiger partial charge in [-0.2, -0.15) is 5.10 Å². The summed E-state index contributed by atoms with van der Waals surface area (Å²) >= 11 is 0. The number of hydrazone groups is 1. The Morgan fingerprint density at radius 1 is 1.28 bits per heavy atom. The number of esters is 1. The predicted octanol–water partition coefficient (Wildman–Crippen LogP) is 2.44.